The van der Waals surface area contributed by atoms with Gasteiger partial charge in [0.2, 0.25) is 0 Å². The van der Waals surface area contributed by atoms with Crippen molar-refractivity contribution in [3.8, 4) is 5.69 Å². The van der Waals surface area contributed by atoms with E-state index in [0.717, 1.165) is 21.2 Å². The molecule has 0 aliphatic carbocycles. The summed E-state index contributed by atoms with van der Waals surface area (Å²) in [6.45, 7) is 0.171. The SMILES string of the molecule is Cn1cnnc1C(F)C1(c2cccc(-n3cc4c(C(F)(F)F)cc(Br)cn4c3=O)c2)COC1. The van der Waals surface area contributed by atoms with Gasteiger partial charge < -0.3 is 9.30 Å². The number of fused-ring (bicyclic) bond motifs is 1. The third-order valence-corrected chi connectivity index (χ3v) is 6.35. The zero-order chi connectivity index (χ0) is 23.5. The van der Waals surface area contributed by atoms with Crippen molar-refractivity contribution in [2.24, 2.45) is 7.05 Å². The van der Waals surface area contributed by atoms with Crippen molar-refractivity contribution in [1.82, 2.24) is 23.7 Å². The van der Waals surface area contributed by atoms with E-state index in [4.69, 9.17) is 4.74 Å². The Labute approximate surface area is 192 Å². The van der Waals surface area contributed by atoms with Gasteiger partial charge in [0.15, 0.2) is 12.0 Å². The van der Waals surface area contributed by atoms with Crippen molar-refractivity contribution in [2.45, 2.75) is 17.8 Å². The smallest absolute Gasteiger partial charge is 0.379 e. The molecule has 33 heavy (non-hydrogen) atoms. The highest BCUT2D eigenvalue weighted by molar-refractivity contribution is 9.10. The van der Waals surface area contributed by atoms with Crippen LogP contribution in [0.1, 0.15) is 23.1 Å². The summed E-state index contributed by atoms with van der Waals surface area (Å²) in [7, 11) is 1.63. The van der Waals surface area contributed by atoms with Gasteiger partial charge in [0.25, 0.3) is 0 Å². The van der Waals surface area contributed by atoms with Crippen LogP contribution in [-0.2, 0) is 23.4 Å². The van der Waals surface area contributed by atoms with Crippen molar-refractivity contribution < 1.29 is 22.3 Å². The highest BCUT2D eigenvalue weighted by atomic mass is 79.9. The summed E-state index contributed by atoms with van der Waals surface area (Å²) >= 11 is 3.03. The Hall–Kier alpha value is -2.99. The second-order valence-electron chi connectivity index (χ2n) is 7.97. The predicted octanol–water partition coefficient (Wildman–Crippen LogP) is 3.98. The maximum Gasteiger partial charge on any atom is 0.418 e. The fourth-order valence-electron chi connectivity index (χ4n) is 4.08. The predicted molar refractivity (Wildman–Crippen MR) is 113 cm³/mol. The van der Waals surface area contributed by atoms with Crippen LogP contribution in [0.3, 0.4) is 0 Å². The van der Waals surface area contributed by atoms with Crippen molar-refractivity contribution >= 4 is 21.4 Å². The minimum Gasteiger partial charge on any atom is -0.379 e. The molecule has 0 amide bonds. The number of rotatable bonds is 4. The summed E-state index contributed by atoms with van der Waals surface area (Å²) in [5.41, 5.74) is -2.12. The molecule has 0 radical (unpaired) electrons. The second-order valence-corrected chi connectivity index (χ2v) is 8.88. The Morgan fingerprint density at radius 3 is 2.58 bits per heavy atom. The molecule has 1 aromatic carbocycles. The molecule has 5 rings (SSSR count). The first-order valence-electron chi connectivity index (χ1n) is 9.79. The number of halogens is 5. The van der Waals surface area contributed by atoms with Crippen LogP contribution >= 0.6 is 15.9 Å². The number of benzene rings is 1. The Bertz CT molecular complexity index is 1420. The lowest BCUT2D eigenvalue weighted by molar-refractivity contribution is -0.136. The number of ether oxygens (including phenoxy) is 1. The number of pyridine rings is 1. The summed E-state index contributed by atoms with van der Waals surface area (Å²) < 4.78 is 65.3. The molecule has 1 aliphatic heterocycles. The number of nitrogens with zero attached hydrogens (tertiary/aromatic N) is 5. The molecule has 4 heterocycles. The van der Waals surface area contributed by atoms with Crippen molar-refractivity contribution in [3.05, 3.63) is 81.0 Å². The summed E-state index contributed by atoms with van der Waals surface area (Å²) in [5.74, 6) is 0.134. The zero-order valence-corrected chi connectivity index (χ0v) is 18.6. The van der Waals surface area contributed by atoms with Crippen LogP contribution < -0.4 is 5.69 Å². The van der Waals surface area contributed by atoms with Crippen molar-refractivity contribution in [2.75, 3.05) is 13.2 Å². The minimum absolute atomic E-state index is 0.0856. The largest absolute Gasteiger partial charge is 0.418 e. The molecular formula is C21H16BrF4N5O2. The molecule has 7 nitrogen and oxygen atoms in total. The number of alkyl halides is 4. The van der Waals surface area contributed by atoms with Gasteiger partial charge in [-0.3, -0.25) is 8.97 Å². The number of hydrogen-bond acceptors (Lipinski definition) is 4. The lowest BCUT2D eigenvalue weighted by Crippen LogP contribution is -2.50. The van der Waals surface area contributed by atoms with E-state index in [1.807, 2.05) is 0 Å². The number of hydrogen-bond donors (Lipinski definition) is 0. The molecule has 1 saturated heterocycles. The molecule has 4 aromatic rings. The van der Waals surface area contributed by atoms with Crippen molar-refractivity contribution in [3.63, 3.8) is 0 Å². The van der Waals surface area contributed by atoms with Crippen LogP contribution in [0.5, 0.6) is 0 Å². The van der Waals surface area contributed by atoms with Gasteiger partial charge in [-0.1, -0.05) is 12.1 Å². The summed E-state index contributed by atoms with van der Waals surface area (Å²) in [6, 6.07) is 7.42. The van der Waals surface area contributed by atoms with Crippen LogP contribution in [0.15, 0.2) is 58.3 Å². The van der Waals surface area contributed by atoms with Gasteiger partial charge in [-0.15, -0.1) is 10.2 Å². The molecule has 12 heteroatoms. The maximum atomic E-state index is 15.6. The molecular weight excluding hydrogens is 510 g/mol. The van der Waals surface area contributed by atoms with Gasteiger partial charge in [-0.05, 0) is 39.7 Å². The average Bonchev–Trinajstić information content (AvgIpc) is 3.29. The first-order valence-corrected chi connectivity index (χ1v) is 10.6. The van der Waals surface area contributed by atoms with Crippen LogP contribution in [0, 0.1) is 0 Å². The summed E-state index contributed by atoms with van der Waals surface area (Å²) in [6.07, 6.45) is -2.38. The molecule has 1 unspecified atom stereocenters. The van der Waals surface area contributed by atoms with Gasteiger partial charge in [0, 0.05) is 23.9 Å². The zero-order valence-electron chi connectivity index (χ0n) is 17.1. The number of aryl methyl sites for hydroxylation is 1. The molecule has 0 bridgehead atoms. The highest BCUT2D eigenvalue weighted by Crippen LogP contribution is 2.45. The van der Waals surface area contributed by atoms with Crippen LogP contribution in [0.4, 0.5) is 17.6 Å². The number of aromatic nitrogens is 5. The highest BCUT2D eigenvalue weighted by Gasteiger charge is 2.50. The number of imidazole rings is 1. The Balaban J connectivity index is 1.64. The van der Waals surface area contributed by atoms with Gasteiger partial charge in [0.1, 0.15) is 6.33 Å². The first kappa shape index (κ1) is 21.8. The lowest BCUT2D eigenvalue weighted by Gasteiger charge is -2.43. The van der Waals surface area contributed by atoms with E-state index in [-0.39, 0.29) is 29.0 Å². The molecule has 0 N–H and O–H groups in total. The molecule has 1 aliphatic rings. The normalized spacial score (nSPS) is 16.7. The fourth-order valence-corrected chi connectivity index (χ4v) is 4.52. The molecule has 172 valence electrons. The van der Waals surface area contributed by atoms with E-state index in [1.165, 1.54) is 17.1 Å². The third kappa shape index (κ3) is 3.39. The minimum atomic E-state index is -4.65. The first-order chi connectivity index (χ1) is 15.6. The van der Waals surface area contributed by atoms with Gasteiger partial charge in [0.05, 0.1) is 35.4 Å². The van der Waals surface area contributed by atoms with Gasteiger partial charge in [-0.25, -0.2) is 9.18 Å². The topological polar surface area (TPSA) is 66.3 Å². The van der Waals surface area contributed by atoms with E-state index in [1.54, 1.807) is 31.3 Å². The third-order valence-electron chi connectivity index (χ3n) is 5.92. The Kier molecular flexibility index (Phi) is 4.98. The Morgan fingerprint density at radius 2 is 1.97 bits per heavy atom. The van der Waals surface area contributed by atoms with E-state index in [0.29, 0.717) is 11.3 Å². The quantitative estimate of drug-likeness (QED) is 0.378. The Morgan fingerprint density at radius 1 is 1.21 bits per heavy atom. The fraction of sp³-hybridized carbons (Fsp3) is 0.286. The standard InChI is InChI=1S/C21H16BrF4N5O2/c1-29-11-27-28-18(29)17(23)20(9-33-10-20)12-3-2-4-14(5-12)30-8-16-15(21(24,25)26)6-13(22)7-31(16)19(30)32/h2-8,11,17H,9-10H2,1H3. The van der Waals surface area contributed by atoms with E-state index in [2.05, 4.69) is 26.1 Å². The average molecular weight is 526 g/mol. The molecule has 0 spiro atoms. The van der Waals surface area contributed by atoms with E-state index >= 15 is 4.39 Å². The summed E-state index contributed by atoms with van der Waals surface area (Å²) in [4.78, 5) is 13.0. The lowest BCUT2D eigenvalue weighted by atomic mass is 9.74. The van der Waals surface area contributed by atoms with Crippen LogP contribution in [0.2, 0.25) is 0 Å². The molecule has 3 aromatic heterocycles. The van der Waals surface area contributed by atoms with E-state index in [9.17, 15) is 18.0 Å². The molecule has 0 saturated carbocycles. The molecule has 1 fully saturated rings. The maximum absolute atomic E-state index is 15.6. The van der Waals surface area contributed by atoms with Gasteiger partial charge in [-0.2, -0.15) is 13.2 Å². The summed E-state index contributed by atoms with van der Waals surface area (Å²) in [5, 5.41) is 7.60. The van der Waals surface area contributed by atoms with Gasteiger partial charge >= 0.3 is 11.9 Å². The van der Waals surface area contributed by atoms with Crippen molar-refractivity contribution in [1.29, 1.82) is 0 Å². The molecule has 1 atom stereocenters. The van der Waals surface area contributed by atoms with Crippen LogP contribution in [-0.4, -0.2) is 36.9 Å². The van der Waals surface area contributed by atoms with Crippen LogP contribution in [0.25, 0.3) is 11.2 Å². The monoisotopic (exact) mass is 525 g/mol. The van der Waals surface area contributed by atoms with E-state index < -0.39 is 29.0 Å². The second kappa shape index (κ2) is 7.52.